The molecule has 2 aromatic rings. The maximum absolute atomic E-state index is 11.6. The molecule has 1 amide bonds. The van der Waals surface area contributed by atoms with Gasteiger partial charge in [-0.1, -0.05) is 0 Å². The third kappa shape index (κ3) is 4.08. The monoisotopic (exact) mass is 443 g/mol. The Balaban J connectivity index is 1.31. The van der Waals surface area contributed by atoms with Crippen LogP contribution in [0.2, 0.25) is 0 Å². The molecule has 0 radical (unpaired) electrons. The van der Waals surface area contributed by atoms with Crippen LogP contribution in [0.3, 0.4) is 0 Å². The van der Waals surface area contributed by atoms with E-state index in [1.807, 2.05) is 12.3 Å². The SMILES string of the molecule is C[C@H]1COC[C@H](C)N1C1CCC(Oc2ccnc3sc4c(c23)[C@@H](CC(N)=O)CC4)CC1. The molecule has 3 heterocycles. The first kappa shape index (κ1) is 21.2. The van der Waals surface area contributed by atoms with Crippen molar-refractivity contribution >= 4 is 27.5 Å². The molecule has 1 saturated carbocycles. The lowest BCUT2D eigenvalue weighted by molar-refractivity contribution is -0.118. The first-order valence-electron chi connectivity index (χ1n) is 11.7. The van der Waals surface area contributed by atoms with Crippen molar-refractivity contribution in [1.29, 1.82) is 0 Å². The highest BCUT2D eigenvalue weighted by Crippen LogP contribution is 2.48. The van der Waals surface area contributed by atoms with E-state index in [2.05, 4.69) is 23.7 Å². The summed E-state index contributed by atoms with van der Waals surface area (Å²) in [4.78, 5) is 21.3. The van der Waals surface area contributed by atoms with E-state index in [1.165, 1.54) is 23.3 Å². The molecule has 168 valence electrons. The van der Waals surface area contributed by atoms with E-state index in [9.17, 15) is 4.79 Å². The van der Waals surface area contributed by atoms with E-state index in [4.69, 9.17) is 15.2 Å². The highest BCUT2D eigenvalue weighted by Gasteiger charge is 2.35. The van der Waals surface area contributed by atoms with Crippen molar-refractivity contribution < 1.29 is 14.3 Å². The van der Waals surface area contributed by atoms with Gasteiger partial charge in [0.25, 0.3) is 0 Å². The minimum Gasteiger partial charge on any atom is -0.490 e. The molecule has 6 nitrogen and oxygen atoms in total. The van der Waals surface area contributed by atoms with Gasteiger partial charge in [-0.05, 0) is 69.9 Å². The average molecular weight is 444 g/mol. The molecule has 3 atom stereocenters. The number of pyridine rings is 1. The van der Waals surface area contributed by atoms with Crippen LogP contribution in [0.25, 0.3) is 10.2 Å². The van der Waals surface area contributed by atoms with E-state index in [0.29, 0.717) is 24.5 Å². The Labute approximate surface area is 188 Å². The van der Waals surface area contributed by atoms with Gasteiger partial charge in [0.1, 0.15) is 10.6 Å². The molecule has 3 aliphatic rings. The number of nitrogens with zero attached hydrogens (tertiary/aromatic N) is 2. The van der Waals surface area contributed by atoms with Crippen LogP contribution in [0.1, 0.15) is 68.7 Å². The van der Waals surface area contributed by atoms with Crippen molar-refractivity contribution in [3.63, 3.8) is 0 Å². The van der Waals surface area contributed by atoms with Gasteiger partial charge in [-0.2, -0.15) is 0 Å². The van der Waals surface area contributed by atoms with Crippen molar-refractivity contribution in [1.82, 2.24) is 9.88 Å². The second-order valence-electron chi connectivity index (χ2n) is 9.57. The summed E-state index contributed by atoms with van der Waals surface area (Å²) in [5, 5.41) is 1.13. The van der Waals surface area contributed by atoms with Gasteiger partial charge in [-0.15, -0.1) is 11.3 Å². The summed E-state index contributed by atoms with van der Waals surface area (Å²) < 4.78 is 12.3. The van der Waals surface area contributed by atoms with Gasteiger partial charge in [0.2, 0.25) is 5.91 Å². The second kappa shape index (κ2) is 8.68. The summed E-state index contributed by atoms with van der Waals surface area (Å²) in [6.45, 7) is 6.24. The minimum atomic E-state index is -0.228. The molecule has 2 fully saturated rings. The Morgan fingerprint density at radius 3 is 2.68 bits per heavy atom. The van der Waals surface area contributed by atoms with Crippen LogP contribution < -0.4 is 10.5 Å². The number of aryl methyl sites for hydroxylation is 1. The number of rotatable bonds is 5. The van der Waals surface area contributed by atoms with Crippen LogP contribution >= 0.6 is 11.3 Å². The van der Waals surface area contributed by atoms with Crippen molar-refractivity contribution in [3.8, 4) is 5.75 Å². The number of aromatic nitrogens is 1. The van der Waals surface area contributed by atoms with Crippen molar-refractivity contribution in [3.05, 3.63) is 22.7 Å². The first-order valence-corrected chi connectivity index (χ1v) is 12.5. The van der Waals surface area contributed by atoms with Crippen LogP contribution in [-0.4, -0.2) is 53.2 Å². The standard InChI is InChI=1S/C24H33N3O3S/c1-14-12-29-13-15(2)27(14)17-4-6-18(7-5-17)30-19-9-10-26-24-23(19)22-16(11-21(25)28)3-8-20(22)31-24/h9-10,14-18H,3-8,11-13H2,1-2H3,(H2,25,28)/t14-,15-,16+,17?,18?/m0/s1. The van der Waals surface area contributed by atoms with E-state index < -0.39 is 0 Å². The summed E-state index contributed by atoms with van der Waals surface area (Å²) in [7, 11) is 0. The quantitative estimate of drug-likeness (QED) is 0.756. The zero-order valence-electron chi connectivity index (χ0n) is 18.5. The lowest BCUT2D eigenvalue weighted by Crippen LogP contribution is -2.55. The predicted octanol–water partition coefficient (Wildman–Crippen LogP) is 4.00. The molecule has 0 spiro atoms. The molecular weight excluding hydrogens is 410 g/mol. The topological polar surface area (TPSA) is 77.7 Å². The number of amides is 1. The third-order valence-corrected chi connectivity index (χ3v) is 8.51. The molecule has 1 saturated heterocycles. The molecule has 7 heteroatoms. The lowest BCUT2D eigenvalue weighted by atomic mass is 9.89. The minimum absolute atomic E-state index is 0.202. The van der Waals surface area contributed by atoms with Crippen LogP contribution in [0, 0.1) is 0 Å². The molecule has 0 unspecified atom stereocenters. The molecule has 1 aliphatic heterocycles. The Kier molecular flexibility index (Phi) is 5.92. The van der Waals surface area contributed by atoms with Crippen LogP contribution in [0.4, 0.5) is 0 Å². The number of nitrogens with two attached hydrogens (primary N) is 1. The largest absolute Gasteiger partial charge is 0.490 e. The van der Waals surface area contributed by atoms with Gasteiger partial charge < -0.3 is 15.2 Å². The van der Waals surface area contributed by atoms with Crippen LogP contribution in [-0.2, 0) is 16.0 Å². The summed E-state index contributed by atoms with van der Waals surface area (Å²) in [5.41, 5.74) is 6.80. The lowest BCUT2D eigenvalue weighted by Gasteiger charge is -2.46. The van der Waals surface area contributed by atoms with E-state index in [1.54, 1.807) is 11.3 Å². The zero-order valence-corrected chi connectivity index (χ0v) is 19.3. The van der Waals surface area contributed by atoms with Crippen molar-refractivity contribution in [2.24, 2.45) is 5.73 Å². The molecule has 0 bridgehead atoms. The normalized spacial score (nSPS) is 31.6. The Hall–Kier alpha value is -1.70. The number of hydrogen-bond acceptors (Lipinski definition) is 6. The van der Waals surface area contributed by atoms with Gasteiger partial charge in [0.05, 0.1) is 24.7 Å². The maximum atomic E-state index is 11.6. The number of thiophene rings is 1. The molecule has 2 aromatic heterocycles. The molecular formula is C24H33N3O3S. The molecule has 2 N–H and O–H groups in total. The Bertz CT molecular complexity index is 943. The number of carbonyl (C=O) groups is 1. The maximum Gasteiger partial charge on any atom is 0.218 e. The van der Waals surface area contributed by atoms with Crippen molar-refractivity contribution in [2.45, 2.75) is 88.9 Å². The fraction of sp³-hybridized carbons (Fsp3) is 0.667. The second-order valence-corrected chi connectivity index (χ2v) is 10.6. The summed E-state index contributed by atoms with van der Waals surface area (Å²) in [6.07, 6.45) is 8.98. The highest BCUT2D eigenvalue weighted by molar-refractivity contribution is 7.19. The number of primary amides is 1. The fourth-order valence-corrected chi connectivity index (χ4v) is 7.31. The number of fused-ring (bicyclic) bond motifs is 3. The molecule has 0 aromatic carbocycles. The molecule has 31 heavy (non-hydrogen) atoms. The Morgan fingerprint density at radius 2 is 1.97 bits per heavy atom. The average Bonchev–Trinajstić information content (AvgIpc) is 3.29. The zero-order chi connectivity index (χ0) is 21.5. The summed E-state index contributed by atoms with van der Waals surface area (Å²) >= 11 is 1.75. The van der Waals surface area contributed by atoms with Gasteiger partial charge in [0.15, 0.2) is 0 Å². The number of carbonyl (C=O) groups excluding carboxylic acids is 1. The summed E-state index contributed by atoms with van der Waals surface area (Å²) in [6, 6.07) is 3.60. The van der Waals surface area contributed by atoms with Gasteiger partial charge in [0, 0.05) is 35.6 Å². The fourth-order valence-electron chi connectivity index (χ4n) is 6.05. The van der Waals surface area contributed by atoms with Crippen LogP contribution in [0.15, 0.2) is 12.3 Å². The number of morpholine rings is 1. The van der Waals surface area contributed by atoms with Crippen LogP contribution in [0.5, 0.6) is 5.75 Å². The molecule has 2 aliphatic carbocycles. The van der Waals surface area contributed by atoms with E-state index in [0.717, 1.165) is 54.9 Å². The Morgan fingerprint density at radius 1 is 1.23 bits per heavy atom. The van der Waals surface area contributed by atoms with Gasteiger partial charge in [-0.3, -0.25) is 9.69 Å². The van der Waals surface area contributed by atoms with Gasteiger partial charge >= 0.3 is 0 Å². The smallest absolute Gasteiger partial charge is 0.218 e. The van der Waals surface area contributed by atoms with Gasteiger partial charge in [-0.25, -0.2) is 4.98 Å². The highest BCUT2D eigenvalue weighted by atomic mass is 32.1. The third-order valence-electron chi connectivity index (χ3n) is 7.34. The first-order chi connectivity index (χ1) is 15.0. The van der Waals surface area contributed by atoms with Crippen molar-refractivity contribution in [2.75, 3.05) is 13.2 Å². The predicted molar refractivity (Wildman–Crippen MR) is 123 cm³/mol. The number of ether oxygens (including phenoxy) is 2. The van der Waals surface area contributed by atoms with E-state index >= 15 is 0 Å². The van der Waals surface area contributed by atoms with E-state index in [-0.39, 0.29) is 17.9 Å². The number of hydrogen-bond donors (Lipinski definition) is 1. The summed E-state index contributed by atoms with van der Waals surface area (Å²) in [5.74, 6) is 0.914. The molecule has 5 rings (SSSR count).